The second kappa shape index (κ2) is 7.11. The lowest BCUT2D eigenvalue weighted by Gasteiger charge is -2.19. The Hall–Kier alpha value is -2.74. The maximum Gasteiger partial charge on any atom is 0.175 e. The minimum absolute atomic E-state index is 0.290. The second-order valence-electron chi connectivity index (χ2n) is 6.84. The molecule has 1 unspecified atom stereocenters. The van der Waals surface area contributed by atoms with Crippen molar-refractivity contribution >= 4 is 32.4 Å². The molecule has 1 atom stereocenters. The highest BCUT2D eigenvalue weighted by atomic mass is 32.2. The van der Waals surface area contributed by atoms with Crippen molar-refractivity contribution < 1.29 is 8.42 Å². The van der Waals surface area contributed by atoms with Gasteiger partial charge in [-0.15, -0.1) is 0 Å². The lowest BCUT2D eigenvalue weighted by Crippen LogP contribution is -2.23. The van der Waals surface area contributed by atoms with E-state index in [0.717, 1.165) is 48.6 Å². The molecule has 0 spiro atoms. The monoisotopic (exact) mass is 383 g/mol. The summed E-state index contributed by atoms with van der Waals surface area (Å²) in [4.78, 5) is 15.5. The third-order valence-corrected chi connectivity index (χ3v) is 5.95. The number of benzene rings is 1. The number of pyridine rings is 1. The molecule has 1 aliphatic heterocycles. The van der Waals surface area contributed by atoms with E-state index in [2.05, 4.69) is 25.2 Å². The van der Waals surface area contributed by atoms with Crippen LogP contribution in [0.1, 0.15) is 6.42 Å². The van der Waals surface area contributed by atoms with Gasteiger partial charge in [-0.25, -0.2) is 23.4 Å². The van der Waals surface area contributed by atoms with E-state index in [1.165, 1.54) is 12.6 Å². The predicted molar refractivity (Wildman–Crippen MR) is 106 cm³/mol. The van der Waals surface area contributed by atoms with E-state index in [0.29, 0.717) is 10.8 Å². The van der Waals surface area contributed by atoms with Crippen LogP contribution in [0.3, 0.4) is 0 Å². The van der Waals surface area contributed by atoms with Crippen LogP contribution < -0.4 is 10.2 Å². The van der Waals surface area contributed by atoms with E-state index >= 15 is 0 Å². The summed E-state index contributed by atoms with van der Waals surface area (Å²) in [5, 5.41) is 4.15. The molecule has 8 heteroatoms. The fourth-order valence-corrected chi connectivity index (χ4v) is 4.06. The highest BCUT2D eigenvalue weighted by Crippen LogP contribution is 2.29. The zero-order chi connectivity index (χ0) is 18.9. The van der Waals surface area contributed by atoms with Gasteiger partial charge in [-0.05, 0) is 42.7 Å². The van der Waals surface area contributed by atoms with Crippen LogP contribution in [-0.2, 0) is 9.84 Å². The van der Waals surface area contributed by atoms with E-state index in [-0.39, 0.29) is 0 Å². The molecule has 4 rings (SSSR count). The molecule has 1 N–H and O–H groups in total. The molecule has 0 aliphatic carbocycles. The summed E-state index contributed by atoms with van der Waals surface area (Å²) >= 11 is 0. The number of hydrogen-bond acceptors (Lipinski definition) is 7. The molecule has 1 aliphatic rings. The molecule has 0 saturated carbocycles. The van der Waals surface area contributed by atoms with Gasteiger partial charge in [-0.1, -0.05) is 6.07 Å². The predicted octanol–water partition coefficient (Wildman–Crippen LogP) is 2.37. The first kappa shape index (κ1) is 17.7. The van der Waals surface area contributed by atoms with Crippen LogP contribution in [0.15, 0.2) is 53.8 Å². The molecule has 0 amide bonds. The molecule has 0 radical (unpaired) electrons. The Labute approximate surface area is 158 Å². The number of fused-ring (bicyclic) bond motifs is 1. The number of nitrogens with one attached hydrogen (secondary N) is 1. The number of sulfone groups is 1. The largest absolute Gasteiger partial charge is 0.370 e. The van der Waals surface area contributed by atoms with Gasteiger partial charge in [0, 0.05) is 37.5 Å². The van der Waals surface area contributed by atoms with Crippen LogP contribution in [-0.4, -0.2) is 49.3 Å². The first-order valence-corrected chi connectivity index (χ1v) is 10.7. The molecule has 1 saturated heterocycles. The number of aromatic nitrogens is 3. The Kier molecular flexibility index (Phi) is 4.65. The minimum Gasteiger partial charge on any atom is -0.370 e. The summed E-state index contributed by atoms with van der Waals surface area (Å²) in [7, 11) is -3.28. The molecule has 1 aromatic carbocycles. The lowest BCUT2D eigenvalue weighted by molar-refractivity contribution is 0.602. The normalized spacial score (nSPS) is 17.4. The highest BCUT2D eigenvalue weighted by molar-refractivity contribution is 7.90. The van der Waals surface area contributed by atoms with Crippen LogP contribution in [0.5, 0.6) is 0 Å². The Morgan fingerprint density at radius 3 is 2.85 bits per heavy atom. The molecule has 1 fully saturated rings. The highest BCUT2D eigenvalue weighted by Gasteiger charge is 2.25. The van der Waals surface area contributed by atoms with Crippen molar-refractivity contribution in [2.45, 2.75) is 11.3 Å². The third kappa shape index (κ3) is 3.85. The topological polar surface area (TPSA) is 88.1 Å². The van der Waals surface area contributed by atoms with Gasteiger partial charge >= 0.3 is 0 Å². The number of nitrogens with zero attached hydrogens (tertiary/aromatic N) is 4. The molecular weight excluding hydrogens is 362 g/mol. The lowest BCUT2D eigenvalue weighted by atomic mass is 10.1. The van der Waals surface area contributed by atoms with E-state index in [4.69, 9.17) is 0 Å². The van der Waals surface area contributed by atoms with Crippen LogP contribution >= 0.6 is 0 Å². The van der Waals surface area contributed by atoms with Gasteiger partial charge in [0.25, 0.3) is 0 Å². The van der Waals surface area contributed by atoms with Crippen molar-refractivity contribution in [3.8, 4) is 0 Å². The maximum atomic E-state index is 11.9. The summed E-state index contributed by atoms with van der Waals surface area (Å²) in [6.07, 6.45) is 5.57. The van der Waals surface area contributed by atoms with Gasteiger partial charge in [-0.2, -0.15) is 0 Å². The molecule has 140 valence electrons. The molecule has 7 nitrogen and oxygen atoms in total. The summed E-state index contributed by atoms with van der Waals surface area (Å²) < 4.78 is 23.8. The summed E-state index contributed by atoms with van der Waals surface area (Å²) in [5.41, 5.74) is 0.752. The van der Waals surface area contributed by atoms with E-state index in [9.17, 15) is 8.42 Å². The van der Waals surface area contributed by atoms with Gasteiger partial charge in [0.1, 0.15) is 18.0 Å². The summed E-state index contributed by atoms with van der Waals surface area (Å²) in [5.74, 6) is 2.14. The van der Waals surface area contributed by atoms with E-state index in [1.54, 1.807) is 24.4 Å². The van der Waals surface area contributed by atoms with Crippen molar-refractivity contribution in [3.63, 3.8) is 0 Å². The molecule has 2 aromatic heterocycles. The first-order valence-electron chi connectivity index (χ1n) is 8.85. The standard InChI is InChI=1S/C19H21N5O2S/c1-27(25,26)15-5-6-17-16(10-15)19(23-13-22-17)24-9-7-14(12-24)11-21-18-4-2-3-8-20-18/h2-6,8,10,13-14H,7,9,11-12H2,1H3,(H,20,21). The Morgan fingerprint density at radius 2 is 2.07 bits per heavy atom. The van der Waals surface area contributed by atoms with Gasteiger partial charge < -0.3 is 10.2 Å². The molecule has 3 heterocycles. The van der Waals surface area contributed by atoms with Gasteiger partial charge in [0.2, 0.25) is 0 Å². The average Bonchev–Trinajstić information content (AvgIpc) is 3.14. The quantitative estimate of drug-likeness (QED) is 0.723. The SMILES string of the molecule is CS(=O)(=O)c1ccc2ncnc(N3CCC(CNc4ccccn4)C3)c2c1. The summed E-state index contributed by atoms with van der Waals surface area (Å²) in [6.45, 7) is 2.57. The Morgan fingerprint density at radius 1 is 1.19 bits per heavy atom. The van der Waals surface area contributed by atoms with Crippen molar-refractivity contribution in [2.24, 2.45) is 5.92 Å². The van der Waals surface area contributed by atoms with Crippen molar-refractivity contribution in [1.82, 2.24) is 15.0 Å². The summed E-state index contributed by atoms with van der Waals surface area (Å²) in [6, 6.07) is 10.8. The Bertz CT molecular complexity index is 1060. The molecular formula is C19H21N5O2S. The van der Waals surface area contributed by atoms with Gasteiger partial charge in [0.05, 0.1) is 10.4 Å². The van der Waals surface area contributed by atoms with Crippen LogP contribution in [0.25, 0.3) is 10.9 Å². The second-order valence-corrected chi connectivity index (χ2v) is 8.86. The third-order valence-electron chi connectivity index (χ3n) is 4.84. The zero-order valence-corrected chi connectivity index (χ0v) is 15.9. The van der Waals surface area contributed by atoms with Crippen molar-refractivity contribution in [3.05, 3.63) is 48.9 Å². The Balaban J connectivity index is 1.54. The van der Waals surface area contributed by atoms with Crippen LogP contribution in [0.2, 0.25) is 0 Å². The van der Waals surface area contributed by atoms with Gasteiger partial charge in [-0.3, -0.25) is 0 Å². The van der Waals surface area contributed by atoms with Crippen molar-refractivity contribution in [1.29, 1.82) is 0 Å². The number of rotatable bonds is 5. The van der Waals surface area contributed by atoms with E-state index in [1.807, 2.05) is 18.2 Å². The van der Waals surface area contributed by atoms with Crippen molar-refractivity contribution in [2.75, 3.05) is 36.1 Å². The van der Waals surface area contributed by atoms with Crippen LogP contribution in [0.4, 0.5) is 11.6 Å². The minimum atomic E-state index is -3.28. The molecule has 27 heavy (non-hydrogen) atoms. The molecule has 3 aromatic rings. The fourth-order valence-electron chi connectivity index (χ4n) is 3.41. The van der Waals surface area contributed by atoms with Gasteiger partial charge in [0.15, 0.2) is 9.84 Å². The first-order chi connectivity index (χ1) is 13.0. The molecule has 0 bridgehead atoms. The zero-order valence-electron chi connectivity index (χ0n) is 15.0. The fraction of sp³-hybridized carbons (Fsp3) is 0.316. The van der Waals surface area contributed by atoms with E-state index < -0.39 is 9.84 Å². The van der Waals surface area contributed by atoms with Crippen LogP contribution in [0, 0.1) is 5.92 Å². The maximum absolute atomic E-state index is 11.9. The smallest absolute Gasteiger partial charge is 0.175 e. The number of anilines is 2. The number of hydrogen-bond donors (Lipinski definition) is 1. The average molecular weight is 383 g/mol.